The van der Waals surface area contributed by atoms with Crippen molar-refractivity contribution in [3.8, 4) is 22.1 Å². The molecule has 11 heteroatoms. The molecule has 1 aliphatic rings. The van der Waals surface area contributed by atoms with Crippen LogP contribution in [0.4, 0.5) is 10.8 Å². The van der Waals surface area contributed by atoms with Crippen molar-refractivity contribution in [1.82, 2.24) is 10.2 Å². The molecule has 0 fully saturated rings. The highest BCUT2D eigenvalue weighted by Gasteiger charge is 2.38. The van der Waals surface area contributed by atoms with Gasteiger partial charge in [0.2, 0.25) is 5.13 Å². The van der Waals surface area contributed by atoms with E-state index in [9.17, 15) is 13.2 Å². The number of hydrogen-bond donors (Lipinski definition) is 1. The number of aryl methyl sites for hydroxylation is 2. The van der Waals surface area contributed by atoms with Crippen LogP contribution in [0, 0.1) is 13.8 Å². The highest BCUT2D eigenvalue weighted by molar-refractivity contribution is 7.92. The molecule has 0 bridgehead atoms. The number of carbonyl (C=O) groups excluding carboxylic acids is 1. The van der Waals surface area contributed by atoms with E-state index in [0.29, 0.717) is 16.4 Å². The number of anilines is 2. The van der Waals surface area contributed by atoms with E-state index in [1.165, 1.54) is 15.6 Å². The molecule has 9 nitrogen and oxygen atoms in total. The number of sulfonamides is 1. The zero-order valence-electron chi connectivity index (χ0n) is 20.3. The molecular weight excluding hydrogens is 512 g/mol. The van der Waals surface area contributed by atoms with Crippen LogP contribution in [0.25, 0.3) is 10.6 Å². The van der Waals surface area contributed by atoms with Crippen LogP contribution in [0.5, 0.6) is 11.5 Å². The monoisotopic (exact) mass is 536 g/mol. The van der Waals surface area contributed by atoms with Gasteiger partial charge in [0.15, 0.2) is 6.10 Å². The predicted octanol–water partition coefficient (Wildman–Crippen LogP) is 4.43. The number of aromatic nitrogens is 2. The van der Waals surface area contributed by atoms with E-state index in [1.54, 1.807) is 43.5 Å². The smallest absolute Gasteiger partial charge is 0.269 e. The van der Waals surface area contributed by atoms with Gasteiger partial charge < -0.3 is 9.47 Å². The highest BCUT2D eigenvalue weighted by atomic mass is 32.2. The Labute approximate surface area is 218 Å². The van der Waals surface area contributed by atoms with Gasteiger partial charge in [-0.3, -0.25) is 14.4 Å². The van der Waals surface area contributed by atoms with Gasteiger partial charge >= 0.3 is 0 Å². The van der Waals surface area contributed by atoms with Crippen molar-refractivity contribution in [2.24, 2.45) is 0 Å². The van der Waals surface area contributed by atoms with Crippen molar-refractivity contribution in [2.45, 2.75) is 24.8 Å². The summed E-state index contributed by atoms with van der Waals surface area (Å²) >= 11 is 1.20. The summed E-state index contributed by atoms with van der Waals surface area (Å²) in [5.74, 6) is 0.517. The standard InChI is InChI=1S/C26H24N4O5S2/c1-16-4-11-20(12-5-16)37(32,33)30-15-23(35-22-14-17(2)6-13-21(22)30)24(31)27-26-29-28-25(36-26)18-7-9-19(34-3)10-8-18/h4-14,23H,15H2,1-3H3,(H,27,29,31)/t23-/m1/s1. The molecular formula is C26H24N4O5S2. The maximum atomic E-state index is 13.6. The predicted molar refractivity (Wildman–Crippen MR) is 142 cm³/mol. The Kier molecular flexibility index (Phi) is 6.57. The molecule has 4 aromatic rings. The second kappa shape index (κ2) is 9.83. The molecule has 2 heterocycles. The van der Waals surface area contributed by atoms with Crippen molar-refractivity contribution < 1.29 is 22.7 Å². The van der Waals surface area contributed by atoms with E-state index >= 15 is 0 Å². The average molecular weight is 537 g/mol. The number of nitrogens with zero attached hydrogens (tertiary/aromatic N) is 3. The largest absolute Gasteiger partial charge is 0.497 e. The number of amides is 1. The second-order valence-corrected chi connectivity index (χ2v) is 11.4. The zero-order valence-corrected chi connectivity index (χ0v) is 22.0. The minimum atomic E-state index is -3.94. The van der Waals surface area contributed by atoms with Gasteiger partial charge in [-0.1, -0.05) is 35.1 Å². The third-order valence-electron chi connectivity index (χ3n) is 5.88. The maximum absolute atomic E-state index is 13.6. The molecule has 1 N–H and O–H groups in total. The Balaban J connectivity index is 1.40. The van der Waals surface area contributed by atoms with Crippen molar-refractivity contribution >= 4 is 38.1 Å². The minimum Gasteiger partial charge on any atom is -0.497 e. The number of rotatable bonds is 6. The fraction of sp³-hybridized carbons (Fsp3) is 0.192. The summed E-state index contributed by atoms with van der Waals surface area (Å²) in [4.78, 5) is 13.3. The van der Waals surface area contributed by atoms with Crippen LogP contribution in [0.3, 0.4) is 0 Å². The first-order valence-corrected chi connectivity index (χ1v) is 13.7. The van der Waals surface area contributed by atoms with Gasteiger partial charge in [-0.05, 0) is 67.9 Å². The molecule has 190 valence electrons. The quantitative estimate of drug-likeness (QED) is 0.388. The first-order valence-electron chi connectivity index (χ1n) is 11.4. The zero-order chi connectivity index (χ0) is 26.2. The van der Waals surface area contributed by atoms with E-state index in [1.807, 2.05) is 44.2 Å². The van der Waals surface area contributed by atoms with Crippen molar-refractivity contribution in [3.05, 3.63) is 77.9 Å². The topological polar surface area (TPSA) is 111 Å². The van der Waals surface area contributed by atoms with E-state index in [4.69, 9.17) is 9.47 Å². The van der Waals surface area contributed by atoms with E-state index in [-0.39, 0.29) is 16.6 Å². The van der Waals surface area contributed by atoms with Crippen molar-refractivity contribution in [2.75, 3.05) is 23.3 Å². The lowest BCUT2D eigenvalue weighted by molar-refractivity contribution is -0.122. The number of nitrogens with one attached hydrogen (secondary N) is 1. The molecule has 0 saturated heterocycles. The molecule has 1 atom stereocenters. The Hall–Kier alpha value is -3.96. The Morgan fingerprint density at radius 3 is 2.43 bits per heavy atom. The second-order valence-electron chi connectivity index (χ2n) is 8.56. The summed E-state index contributed by atoms with van der Waals surface area (Å²) in [6.07, 6.45) is -1.09. The molecule has 1 amide bonds. The fourth-order valence-electron chi connectivity index (χ4n) is 3.87. The summed E-state index contributed by atoms with van der Waals surface area (Å²) in [5.41, 5.74) is 3.03. The Bertz CT molecular complexity index is 1550. The van der Waals surface area contributed by atoms with Crippen LogP contribution in [0.1, 0.15) is 11.1 Å². The molecule has 5 rings (SSSR count). The van der Waals surface area contributed by atoms with E-state index in [0.717, 1.165) is 22.4 Å². The van der Waals surface area contributed by atoms with Gasteiger partial charge in [0.25, 0.3) is 15.9 Å². The third-order valence-corrected chi connectivity index (χ3v) is 8.56. The summed E-state index contributed by atoms with van der Waals surface area (Å²) < 4.78 is 39.5. The number of ether oxygens (including phenoxy) is 2. The molecule has 0 unspecified atom stereocenters. The Morgan fingerprint density at radius 2 is 1.73 bits per heavy atom. The molecule has 0 saturated carbocycles. The van der Waals surface area contributed by atoms with E-state index in [2.05, 4.69) is 15.5 Å². The van der Waals surface area contributed by atoms with Crippen LogP contribution in [-0.4, -0.2) is 44.3 Å². The molecule has 0 spiro atoms. The van der Waals surface area contributed by atoms with Gasteiger partial charge in [-0.2, -0.15) is 0 Å². The van der Waals surface area contributed by atoms with Gasteiger partial charge in [0, 0.05) is 5.56 Å². The van der Waals surface area contributed by atoms with Crippen molar-refractivity contribution in [1.29, 1.82) is 0 Å². The van der Waals surface area contributed by atoms with Crippen LogP contribution in [0.2, 0.25) is 0 Å². The van der Waals surface area contributed by atoms with Crippen LogP contribution >= 0.6 is 11.3 Å². The lowest BCUT2D eigenvalue weighted by Gasteiger charge is -2.34. The number of benzene rings is 3. The summed E-state index contributed by atoms with van der Waals surface area (Å²) in [5, 5.41) is 11.8. The van der Waals surface area contributed by atoms with E-state index < -0.39 is 22.0 Å². The normalized spacial score (nSPS) is 15.0. The fourth-order valence-corrected chi connectivity index (χ4v) is 6.10. The SMILES string of the molecule is COc1ccc(-c2nnc(NC(=O)[C@H]3CN(S(=O)(=O)c4ccc(C)cc4)c4ccc(C)cc4O3)s2)cc1. The number of carbonyl (C=O) groups is 1. The van der Waals surface area contributed by atoms with Gasteiger partial charge in [-0.15, -0.1) is 10.2 Å². The van der Waals surface area contributed by atoms with Crippen LogP contribution < -0.4 is 19.1 Å². The number of methoxy groups -OCH3 is 1. The summed E-state index contributed by atoms with van der Waals surface area (Å²) in [7, 11) is -2.35. The van der Waals surface area contributed by atoms with Crippen LogP contribution in [-0.2, 0) is 14.8 Å². The molecule has 1 aromatic heterocycles. The highest BCUT2D eigenvalue weighted by Crippen LogP contribution is 2.38. The third kappa shape index (κ3) is 5.00. The van der Waals surface area contributed by atoms with Gasteiger partial charge in [0.05, 0.1) is 24.2 Å². The lowest BCUT2D eigenvalue weighted by Crippen LogP contribution is -2.48. The molecule has 1 aliphatic heterocycles. The average Bonchev–Trinajstić information content (AvgIpc) is 3.36. The molecule has 0 aliphatic carbocycles. The lowest BCUT2D eigenvalue weighted by atomic mass is 10.1. The minimum absolute atomic E-state index is 0.138. The molecule has 0 radical (unpaired) electrons. The van der Waals surface area contributed by atoms with Gasteiger partial charge in [0.1, 0.15) is 16.5 Å². The van der Waals surface area contributed by atoms with Crippen molar-refractivity contribution in [3.63, 3.8) is 0 Å². The molecule has 37 heavy (non-hydrogen) atoms. The summed E-state index contributed by atoms with van der Waals surface area (Å²) in [6, 6.07) is 19.1. The first-order chi connectivity index (χ1) is 17.7. The Morgan fingerprint density at radius 1 is 1.03 bits per heavy atom. The molecule has 3 aromatic carbocycles. The van der Waals surface area contributed by atoms with Gasteiger partial charge in [-0.25, -0.2) is 8.42 Å². The maximum Gasteiger partial charge on any atom is 0.269 e. The number of hydrogen-bond acceptors (Lipinski definition) is 8. The van der Waals surface area contributed by atoms with Crippen LogP contribution in [0.15, 0.2) is 71.6 Å². The summed E-state index contributed by atoms with van der Waals surface area (Å²) in [6.45, 7) is 3.56. The first kappa shape index (κ1) is 24.7. The number of fused-ring (bicyclic) bond motifs is 1.